The molecule has 362 valence electrons. The van der Waals surface area contributed by atoms with E-state index >= 15 is 0 Å². The number of hydrogen-bond donors (Lipinski definition) is 1. The van der Waals surface area contributed by atoms with Crippen LogP contribution < -0.4 is 39.8 Å². The number of ether oxygens (including phenoxy) is 4. The first-order valence-electron chi connectivity index (χ1n) is 22.9. The summed E-state index contributed by atoms with van der Waals surface area (Å²) < 4.78 is 19.3. The summed E-state index contributed by atoms with van der Waals surface area (Å²) in [5.41, 5.74) is 7.21. The maximum absolute atomic E-state index is 13.6. The SMILES string of the molecule is CCOC(=O)Cl.CCOC(=O)c1ccc(N(C(=O)OCC)C(=O)c2ccc3c(c2)C(C)(C)CCC3(C)C)cc1.CCOC(=O)c1ccc(NC(=O)c2ccc3c(c2)C(C)(C)CCC3(C)C)cc1.[H-].[Na+]. The molecule has 0 aromatic heterocycles. The Balaban J connectivity index is 0.000000416. The molecule has 0 bridgehead atoms. The van der Waals surface area contributed by atoms with Gasteiger partial charge in [-0.15, -0.1) is 0 Å². The van der Waals surface area contributed by atoms with Gasteiger partial charge in [0.25, 0.3) is 11.8 Å². The summed E-state index contributed by atoms with van der Waals surface area (Å²) in [4.78, 5) is 73.5. The van der Waals surface area contributed by atoms with Crippen LogP contribution >= 0.6 is 11.6 Å². The summed E-state index contributed by atoms with van der Waals surface area (Å²) in [6, 6.07) is 24.7. The van der Waals surface area contributed by atoms with Crippen LogP contribution in [0.3, 0.4) is 0 Å². The van der Waals surface area contributed by atoms with E-state index in [1.807, 2.05) is 24.3 Å². The molecule has 1 N–H and O–H groups in total. The van der Waals surface area contributed by atoms with E-state index in [0.717, 1.165) is 36.1 Å². The molecule has 14 heteroatoms. The average molecular weight is 964 g/mol. The summed E-state index contributed by atoms with van der Waals surface area (Å²) in [5.74, 6) is -1.44. The Morgan fingerprint density at radius 3 is 1.28 bits per heavy atom. The van der Waals surface area contributed by atoms with Gasteiger partial charge in [0.2, 0.25) is 0 Å². The molecule has 0 fully saturated rings. The molecule has 0 radical (unpaired) electrons. The molecule has 0 saturated heterocycles. The van der Waals surface area contributed by atoms with Crippen molar-refractivity contribution >= 4 is 58.3 Å². The second kappa shape index (κ2) is 24.5. The van der Waals surface area contributed by atoms with Crippen LogP contribution in [-0.2, 0) is 40.6 Å². The summed E-state index contributed by atoms with van der Waals surface area (Å²) >= 11 is 4.72. The number of imide groups is 1. The third-order valence-corrected chi connectivity index (χ3v) is 12.5. The Kier molecular flexibility index (Phi) is 20.7. The van der Waals surface area contributed by atoms with Gasteiger partial charge in [-0.2, -0.15) is 0 Å². The Morgan fingerprint density at radius 1 is 0.515 bits per heavy atom. The van der Waals surface area contributed by atoms with Crippen molar-refractivity contribution < 1.29 is 78.7 Å². The Morgan fingerprint density at radius 2 is 0.882 bits per heavy atom. The molecule has 0 heterocycles. The molecule has 2 aliphatic rings. The number of anilines is 2. The summed E-state index contributed by atoms with van der Waals surface area (Å²) in [7, 11) is 0. The van der Waals surface area contributed by atoms with E-state index in [4.69, 9.17) is 25.8 Å². The van der Waals surface area contributed by atoms with Crippen LogP contribution in [0.2, 0.25) is 0 Å². The Labute approximate surface area is 430 Å². The quantitative estimate of drug-likeness (QED) is 0.0703. The first-order chi connectivity index (χ1) is 31.4. The van der Waals surface area contributed by atoms with E-state index in [2.05, 4.69) is 71.5 Å². The van der Waals surface area contributed by atoms with E-state index < -0.39 is 23.4 Å². The fourth-order valence-electron chi connectivity index (χ4n) is 8.26. The molecule has 0 atom stereocenters. The van der Waals surface area contributed by atoms with Crippen molar-refractivity contribution in [3.8, 4) is 0 Å². The van der Waals surface area contributed by atoms with E-state index in [0.29, 0.717) is 46.8 Å². The van der Waals surface area contributed by atoms with Crippen molar-refractivity contribution in [2.75, 3.05) is 36.6 Å². The number of rotatable bonds is 10. The summed E-state index contributed by atoms with van der Waals surface area (Å²) in [6.45, 7) is 25.8. The third-order valence-electron chi connectivity index (χ3n) is 12.4. The number of amides is 3. The Bertz CT molecular complexity index is 2430. The number of nitrogens with one attached hydrogen (secondary N) is 1. The van der Waals surface area contributed by atoms with Gasteiger partial charge in [0.05, 0.1) is 43.2 Å². The standard InChI is InChI=1S/C27H33NO5.C24H29NO3.C3H5ClO2.Na.H/c1-7-32-24(30)18-9-12-20(13-10-18)28(25(31)33-8-2)23(29)19-11-14-21-22(17-19)27(5,6)16-15-26(21,3)4;1-6-28-22(27)16-7-10-18(11-8-16)25-21(26)17-9-12-19-20(15-17)24(4,5)14-13-23(19,2)3;1-2-6-3(4)5;;/h9-14,17H,7-8,15-16H2,1-6H3;7-12,15H,6,13-14H2,1-5H3,(H,25,26);2H2,1H3;;/q;;;+1;-1. The first kappa shape index (κ1) is 57.3. The van der Waals surface area contributed by atoms with Gasteiger partial charge in [0, 0.05) is 28.4 Å². The third kappa shape index (κ3) is 14.5. The molecule has 3 amide bonds. The summed E-state index contributed by atoms with van der Waals surface area (Å²) in [5, 5.41) is 2.92. The number of hydrogen-bond acceptors (Lipinski definition) is 10. The number of nitrogens with zero attached hydrogens (tertiary/aromatic N) is 1. The minimum Gasteiger partial charge on any atom is -1.00 e. The molecule has 0 aliphatic heterocycles. The summed E-state index contributed by atoms with van der Waals surface area (Å²) in [6.07, 6.45) is 3.58. The monoisotopic (exact) mass is 962 g/mol. The molecule has 4 aromatic rings. The number of fused-ring (bicyclic) bond motifs is 2. The molecule has 0 saturated carbocycles. The number of halogens is 1. The van der Waals surface area contributed by atoms with E-state index in [1.165, 1.54) is 28.8 Å². The van der Waals surface area contributed by atoms with Crippen LogP contribution in [0.1, 0.15) is 174 Å². The van der Waals surface area contributed by atoms with Crippen molar-refractivity contribution in [1.29, 1.82) is 0 Å². The van der Waals surface area contributed by atoms with Crippen LogP contribution in [0.5, 0.6) is 0 Å². The molecule has 4 aromatic carbocycles. The van der Waals surface area contributed by atoms with E-state index in [-0.39, 0.29) is 77.7 Å². The van der Waals surface area contributed by atoms with Gasteiger partial charge >= 0.3 is 53.0 Å². The van der Waals surface area contributed by atoms with Gasteiger partial charge in [-0.1, -0.05) is 67.5 Å². The zero-order valence-electron chi connectivity index (χ0n) is 43.1. The van der Waals surface area contributed by atoms with Crippen molar-refractivity contribution in [2.24, 2.45) is 0 Å². The normalized spacial score (nSPS) is 15.2. The smallest absolute Gasteiger partial charge is 1.00 e. The van der Waals surface area contributed by atoms with Crippen molar-refractivity contribution in [3.05, 3.63) is 129 Å². The number of esters is 2. The molecule has 2 aliphatic carbocycles. The second-order valence-corrected chi connectivity index (χ2v) is 19.4. The zero-order chi connectivity index (χ0) is 49.9. The molecule has 0 unspecified atom stereocenters. The zero-order valence-corrected chi connectivity index (χ0v) is 44.9. The predicted octanol–water partition coefficient (Wildman–Crippen LogP) is 9.98. The number of benzene rings is 4. The fourth-order valence-corrected chi connectivity index (χ4v) is 8.37. The van der Waals surface area contributed by atoms with Crippen LogP contribution in [-0.4, -0.2) is 61.7 Å². The van der Waals surface area contributed by atoms with Crippen molar-refractivity contribution in [2.45, 2.75) is 130 Å². The maximum Gasteiger partial charge on any atom is 1.00 e. The molecule has 6 rings (SSSR count). The van der Waals surface area contributed by atoms with Gasteiger partial charge in [0.15, 0.2) is 0 Å². The van der Waals surface area contributed by atoms with Gasteiger partial charge < -0.3 is 25.7 Å². The fraction of sp³-hybridized carbons (Fsp3) is 0.444. The molecule has 12 nitrogen and oxygen atoms in total. The minimum atomic E-state index is -0.760. The maximum atomic E-state index is 13.6. The number of carbonyl (C=O) groups is 6. The van der Waals surface area contributed by atoms with Crippen molar-refractivity contribution in [1.82, 2.24) is 0 Å². The van der Waals surface area contributed by atoms with Gasteiger partial charge in [-0.25, -0.2) is 24.1 Å². The Hall–Kier alpha value is -5.01. The average Bonchev–Trinajstić information content (AvgIpc) is 3.28. The molecule has 68 heavy (non-hydrogen) atoms. The second-order valence-electron chi connectivity index (χ2n) is 19.1. The van der Waals surface area contributed by atoms with Gasteiger partial charge in [0.1, 0.15) is 0 Å². The first-order valence-corrected chi connectivity index (χ1v) is 23.3. The molecular weight excluding hydrogens is 895 g/mol. The minimum absolute atomic E-state index is 0. The number of carbonyl (C=O) groups excluding carboxylic acids is 6. The van der Waals surface area contributed by atoms with Crippen LogP contribution in [0.4, 0.5) is 21.0 Å². The van der Waals surface area contributed by atoms with E-state index in [9.17, 15) is 28.8 Å². The van der Waals surface area contributed by atoms with Gasteiger partial charge in [-0.05, 0) is 170 Å². The predicted molar refractivity (Wildman–Crippen MR) is 264 cm³/mol. The van der Waals surface area contributed by atoms with Crippen LogP contribution in [0, 0.1) is 0 Å². The van der Waals surface area contributed by atoms with Crippen molar-refractivity contribution in [3.63, 3.8) is 0 Å². The largest absolute Gasteiger partial charge is 1.00 e. The molecule has 0 spiro atoms. The topological polar surface area (TPSA) is 155 Å². The van der Waals surface area contributed by atoms with Gasteiger partial charge in [-0.3, -0.25) is 9.59 Å². The van der Waals surface area contributed by atoms with Crippen LogP contribution in [0.15, 0.2) is 84.9 Å². The van der Waals surface area contributed by atoms with Crippen LogP contribution in [0.25, 0.3) is 0 Å². The molecular formula is C54H68ClN2NaO10. The van der Waals surface area contributed by atoms with E-state index in [1.54, 1.807) is 70.2 Å².